The number of ether oxygens (including phenoxy) is 2. The lowest BCUT2D eigenvalue weighted by atomic mass is 10.2. The van der Waals surface area contributed by atoms with Crippen molar-refractivity contribution in [1.29, 1.82) is 0 Å². The zero-order valence-electron chi connectivity index (χ0n) is 12.1. The quantitative estimate of drug-likeness (QED) is 0.851. The molecule has 0 aliphatic rings. The van der Waals surface area contributed by atoms with Crippen LogP contribution in [0.25, 0.3) is 0 Å². The van der Waals surface area contributed by atoms with Crippen molar-refractivity contribution in [2.75, 3.05) is 7.11 Å². The number of hydrogen-bond acceptors (Lipinski definition) is 5. The minimum absolute atomic E-state index is 0.455. The first-order valence-electron chi connectivity index (χ1n) is 6.60. The van der Waals surface area contributed by atoms with Gasteiger partial charge in [0.05, 0.1) is 7.11 Å². The molecule has 0 aliphatic carbocycles. The molecule has 0 amide bonds. The third-order valence-electron chi connectivity index (χ3n) is 2.78. The molecule has 0 radical (unpaired) electrons. The Kier molecular flexibility index (Phi) is 5.38. The van der Waals surface area contributed by atoms with Crippen LogP contribution in [0.5, 0.6) is 11.5 Å². The van der Waals surface area contributed by atoms with Crippen molar-refractivity contribution < 1.29 is 9.47 Å². The van der Waals surface area contributed by atoms with Gasteiger partial charge in [-0.2, -0.15) is 0 Å². The molecule has 2 aromatic rings. The van der Waals surface area contributed by atoms with E-state index in [0.29, 0.717) is 12.6 Å². The molecule has 1 heterocycles. The second-order valence-corrected chi connectivity index (χ2v) is 5.71. The Morgan fingerprint density at radius 1 is 1.30 bits per heavy atom. The van der Waals surface area contributed by atoms with Crippen LogP contribution < -0.4 is 14.8 Å². The lowest BCUT2D eigenvalue weighted by Crippen LogP contribution is -2.21. The molecular formula is C15H20N2O2S. The van der Waals surface area contributed by atoms with Gasteiger partial charge in [-0.3, -0.25) is 0 Å². The van der Waals surface area contributed by atoms with Gasteiger partial charge in [-0.05, 0) is 17.7 Å². The van der Waals surface area contributed by atoms with E-state index in [1.165, 1.54) is 5.56 Å². The minimum atomic E-state index is 0.455. The molecule has 2 rings (SSSR count). The summed E-state index contributed by atoms with van der Waals surface area (Å²) < 4.78 is 11.1. The maximum Gasteiger partial charge on any atom is 0.162 e. The number of benzene rings is 1. The number of hydrogen-bond donors (Lipinski definition) is 1. The second kappa shape index (κ2) is 7.26. The van der Waals surface area contributed by atoms with Crippen molar-refractivity contribution in [3.63, 3.8) is 0 Å². The summed E-state index contributed by atoms with van der Waals surface area (Å²) in [5.74, 6) is 1.50. The lowest BCUT2D eigenvalue weighted by molar-refractivity contribution is 0.283. The molecule has 1 aromatic heterocycles. The SMILES string of the molecule is COc1ccc(CNC(C)C)cc1OCc1nccs1. The summed E-state index contributed by atoms with van der Waals surface area (Å²) in [6, 6.07) is 6.46. The topological polar surface area (TPSA) is 43.4 Å². The number of nitrogens with zero attached hydrogens (tertiary/aromatic N) is 1. The number of nitrogens with one attached hydrogen (secondary N) is 1. The van der Waals surface area contributed by atoms with Crippen LogP contribution in [0, 0.1) is 0 Å². The summed E-state index contributed by atoms with van der Waals surface area (Å²) in [5.41, 5.74) is 1.17. The summed E-state index contributed by atoms with van der Waals surface area (Å²) >= 11 is 1.58. The Bertz CT molecular complexity index is 527. The first-order valence-corrected chi connectivity index (χ1v) is 7.48. The predicted octanol–water partition coefficient (Wildman–Crippen LogP) is 3.23. The molecule has 0 fully saturated rings. The van der Waals surface area contributed by atoms with Crippen molar-refractivity contribution in [3.8, 4) is 11.5 Å². The molecule has 0 atom stereocenters. The smallest absolute Gasteiger partial charge is 0.162 e. The normalized spacial score (nSPS) is 10.8. The van der Waals surface area contributed by atoms with Crippen molar-refractivity contribution in [2.24, 2.45) is 0 Å². The summed E-state index contributed by atoms with van der Waals surface area (Å²) in [4.78, 5) is 4.21. The van der Waals surface area contributed by atoms with Gasteiger partial charge in [0.1, 0.15) is 11.6 Å². The van der Waals surface area contributed by atoms with Crippen LogP contribution in [-0.2, 0) is 13.2 Å². The van der Waals surface area contributed by atoms with Crippen LogP contribution in [0.2, 0.25) is 0 Å². The number of thiazole rings is 1. The Morgan fingerprint density at radius 3 is 2.80 bits per heavy atom. The Labute approximate surface area is 123 Å². The fourth-order valence-electron chi connectivity index (χ4n) is 1.73. The zero-order valence-corrected chi connectivity index (χ0v) is 12.9. The number of rotatable bonds is 7. The van der Waals surface area contributed by atoms with Gasteiger partial charge in [-0.25, -0.2) is 4.98 Å². The first-order chi connectivity index (χ1) is 9.69. The van der Waals surface area contributed by atoms with Crippen molar-refractivity contribution in [3.05, 3.63) is 40.3 Å². The standard InChI is InChI=1S/C15H20N2O2S/c1-11(2)17-9-12-4-5-13(18-3)14(8-12)19-10-15-16-6-7-20-15/h4-8,11,17H,9-10H2,1-3H3. The molecule has 20 heavy (non-hydrogen) atoms. The van der Waals surface area contributed by atoms with Crippen LogP contribution in [0.4, 0.5) is 0 Å². The summed E-state index contributed by atoms with van der Waals surface area (Å²) in [6.07, 6.45) is 1.78. The largest absolute Gasteiger partial charge is 0.493 e. The molecule has 0 unspecified atom stereocenters. The van der Waals surface area contributed by atoms with Crippen LogP contribution >= 0.6 is 11.3 Å². The summed E-state index contributed by atoms with van der Waals surface area (Å²) in [6.45, 7) is 5.54. The molecule has 108 valence electrons. The van der Waals surface area contributed by atoms with Gasteiger partial charge in [0.2, 0.25) is 0 Å². The molecule has 5 heteroatoms. The van der Waals surface area contributed by atoms with E-state index in [0.717, 1.165) is 23.1 Å². The lowest BCUT2D eigenvalue weighted by Gasteiger charge is -2.13. The van der Waals surface area contributed by atoms with E-state index >= 15 is 0 Å². The van der Waals surface area contributed by atoms with Gasteiger partial charge in [0, 0.05) is 24.2 Å². The van der Waals surface area contributed by atoms with Crippen molar-refractivity contribution >= 4 is 11.3 Å². The number of methoxy groups -OCH3 is 1. The third kappa shape index (κ3) is 4.21. The molecule has 0 spiro atoms. The highest BCUT2D eigenvalue weighted by Crippen LogP contribution is 2.29. The van der Waals surface area contributed by atoms with Gasteiger partial charge in [0.15, 0.2) is 11.5 Å². The fourth-order valence-corrected chi connectivity index (χ4v) is 2.26. The van der Waals surface area contributed by atoms with Gasteiger partial charge in [0.25, 0.3) is 0 Å². The monoisotopic (exact) mass is 292 g/mol. The van der Waals surface area contributed by atoms with E-state index in [4.69, 9.17) is 9.47 Å². The van der Waals surface area contributed by atoms with E-state index in [2.05, 4.69) is 24.1 Å². The molecule has 4 nitrogen and oxygen atoms in total. The maximum atomic E-state index is 5.82. The van der Waals surface area contributed by atoms with E-state index in [-0.39, 0.29) is 0 Å². The van der Waals surface area contributed by atoms with Crippen LogP contribution in [-0.4, -0.2) is 18.1 Å². The van der Waals surface area contributed by atoms with Gasteiger partial charge in [-0.15, -0.1) is 11.3 Å². The summed E-state index contributed by atoms with van der Waals surface area (Å²) in [7, 11) is 1.65. The molecule has 0 saturated carbocycles. The first kappa shape index (κ1) is 14.8. The maximum absolute atomic E-state index is 5.82. The molecule has 1 N–H and O–H groups in total. The van der Waals surface area contributed by atoms with Crippen LogP contribution in [0.15, 0.2) is 29.8 Å². The molecule has 0 bridgehead atoms. The highest BCUT2D eigenvalue weighted by Gasteiger charge is 2.07. The molecule has 0 saturated heterocycles. The van der Waals surface area contributed by atoms with Crippen molar-refractivity contribution in [1.82, 2.24) is 10.3 Å². The van der Waals surface area contributed by atoms with E-state index in [1.54, 1.807) is 24.6 Å². The van der Waals surface area contributed by atoms with E-state index in [9.17, 15) is 0 Å². The zero-order chi connectivity index (χ0) is 14.4. The van der Waals surface area contributed by atoms with E-state index in [1.807, 2.05) is 23.6 Å². The van der Waals surface area contributed by atoms with E-state index < -0.39 is 0 Å². The Hall–Kier alpha value is -1.59. The molecule has 0 aliphatic heterocycles. The van der Waals surface area contributed by atoms with Crippen molar-refractivity contribution in [2.45, 2.75) is 33.0 Å². The number of aromatic nitrogens is 1. The minimum Gasteiger partial charge on any atom is -0.493 e. The van der Waals surface area contributed by atoms with Gasteiger partial charge < -0.3 is 14.8 Å². The average molecular weight is 292 g/mol. The van der Waals surface area contributed by atoms with Crippen LogP contribution in [0.3, 0.4) is 0 Å². The predicted molar refractivity (Wildman–Crippen MR) is 81.4 cm³/mol. The summed E-state index contributed by atoms with van der Waals surface area (Å²) in [5, 5.41) is 6.29. The highest BCUT2D eigenvalue weighted by atomic mass is 32.1. The van der Waals surface area contributed by atoms with Gasteiger partial charge >= 0.3 is 0 Å². The Morgan fingerprint density at radius 2 is 2.15 bits per heavy atom. The fraction of sp³-hybridized carbons (Fsp3) is 0.400. The second-order valence-electron chi connectivity index (χ2n) is 4.74. The third-order valence-corrected chi connectivity index (χ3v) is 3.53. The van der Waals surface area contributed by atoms with Crippen LogP contribution in [0.1, 0.15) is 24.4 Å². The Balaban J connectivity index is 2.05. The average Bonchev–Trinajstić information content (AvgIpc) is 2.96. The molecule has 1 aromatic carbocycles. The highest BCUT2D eigenvalue weighted by molar-refractivity contribution is 7.09. The molecular weight excluding hydrogens is 272 g/mol. The van der Waals surface area contributed by atoms with Gasteiger partial charge in [-0.1, -0.05) is 19.9 Å².